The van der Waals surface area contributed by atoms with E-state index in [4.69, 9.17) is 5.73 Å². The van der Waals surface area contributed by atoms with E-state index in [-0.39, 0.29) is 11.4 Å². The van der Waals surface area contributed by atoms with Crippen LogP contribution in [-0.4, -0.2) is 10.1 Å². The smallest absolute Gasteiger partial charge is 0.329 e. The van der Waals surface area contributed by atoms with E-state index in [1.165, 1.54) is 12.1 Å². The molecule has 0 spiro atoms. The third kappa shape index (κ3) is 2.92. The quantitative estimate of drug-likeness (QED) is 0.854. The third-order valence-corrected chi connectivity index (χ3v) is 2.98. The lowest BCUT2D eigenvalue weighted by molar-refractivity contribution is -0.159. The molecule has 0 aliphatic carbocycles. The van der Waals surface area contributed by atoms with Crippen molar-refractivity contribution in [2.45, 2.75) is 12.2 Å². The lowest BCUT2D eigenvalue weighted by Crippen LogP contribution is -2.15. The Labute approximate surface area is 112 Å². The molecule has 0 radical (unpaired) electrons. The zero-order valence-electron chi connectivity index (χ0n) is 9.08. The Morgan fingerprint density at radius 3 is 2.58 bits per heavy atom. The van der Waals surface area contributed by atoms with Crippen LogP contribution in [0.4, 0.5) is 17.6 Å². The molecule has 2 rings (SSSR count). The number of halogens is 5. The molecule has 1 heterocycles. The lowest BCUT2D eigenvalue weighted by Gasteiger charge is -2.09. The fourth-order valence-electron chi connectivity index (χ4n) is 1.37. The maximum atomic E-state index is 13.1. The van der Waals surface area contributed by atoms with Crippen LogP contribution in [0, 0.1) is 5.82 Å². The molecule has 9 heteroatoms. The van der Waals surface area contributed by atoms with Gasteiger partial charge in [0.25, 0.3) is 0 Å². The van der Waals surface area contributed by atoms with Gasteiger partial charge in [0.05, 0.1) is 6.04 Å². The number of alkyl halides is 3. The second-order valence-electron chi connectivity index (χ2n) is 3.60. The van der Waals surface area contributed by atoms with E-state index < -0.39 is 23.9 Å². The Morgan fingerprint density at radius 2 is 2.00 bits per heavy atom. The highest BCUT2D eigenvalue weighted by Gasteiger charge is 2.39. The van der Waals surface area contributed by atoms with Crippen LogP contribution in [0.15, 0.2) is 27.2 Å². The Kier molecular flexibility index (Phi) is 3.59. The maximum absolute atomic E-state index is 13.1. The van der Waals surface area contributed by atoms with Gasteiger partial charge in [-0.05, 0) is 23.8 Å². The van der Waals surface area contributed by atoms with E-state index in [0.717, 1.165) is 6.07 Å². The van der Waals surface area contributed by atoms with Gasteiger partial charge in [-0.25, -0.2) is 4.39 Å². The van der Waals surface area contributed by atoms with Gasteiger partial charge < -0.3 is 10.3 Å². The average Bonchev–Trinajstić information content (AvgIpc) is 2.80. The van der Waals surface area contributed by atoms with Crippen molar-refractivity contribution in [2.75, 3.05) is 0 Å². The van der Waals surface area contributed by atoms with Crippen molar-refractivity contribution in [2.24, 2.45) is 5.73 Å². The highest BCUT2D eigenvalue weighted by Crippen LogP contribution is 2.30. The second kappa shape index (κ2) is 4.89. The number of nitrogens with two attached hydrogens (primary N) is 1. The number of aromatic nitrogens is 2. The van der Waals surface area contributed by atoms with E-state index >= 15 is 0 Å². The van der Waals surface area contributed by atoms with Crippen molar-refractivity contribution in [3.63, 3.8) is 0 Å². The van der Waals surface area contributed by atoms with Gasteiger partial charge in [0.1, 0.15) is 5.82 Å². The molecule has 0 fully saturated rings. The molecule has 1 unspecified atom stereocenters. The molecule has 4 nitrogen and oxygen atoms in total. The van der Waals surface area contributed by atoms with Gasteiger partial charge in [0.15, 0.2) is 5.82 Å². The summed E-state index contributed by atoms with van der Waals surface area (Å²) in [5.41, 5.74) is 5.91. The Morgan fingerprint density at radius 1 is 1.32 bits per heavy atom. The normalized spacial score (nSPS) is 13.6. The van der Waals surface area contributed by atoms with Gasteiger partial charge in [-0.1, -0.05) is 21.1 Å². The summed E-state index contributed by atoms with van der Waals surface area (Å²) in [4.78, 5) is 3.16. The Hall–Kier alpha value is -1.48. The summed E-state index contributed by atoms with van der Waals surface area (Å²) >= 11 is 3.12. The highest BCUT2D eigenvalue weighted by molar-refractivity contribution is 9.10. The first kappa shape index (κ1) is 13.9. The lowest BCUT2D eigenvalue weighted by atomic mass is 10.1. The van der Waals surface area contributed by atoms with Crippen molar-refractivity contribution in [3.8, 4) is 0 Å². The summed E-state index contributed by atoms with van der Waals surface area (Å²) in [5, 5.41) is 3.16. The number of benzene rings is 1. The Balaban J connectivity index is 2.36. The molecular formula is C10H6BrF4N3O. The van der Waals surface area contributed by atoms with Gasteiger partial charge >= 0.3 is 12.1 Å². The van der Waals surface area contributed by atoms with Crippen molar-refractivity contribution in [1.29, 1.82) is 0 Å². The largest absolute Gasteiger partial charge is 0.471 e. The van der Waals surface area contributed by atoms with Crippen molar-refractivity contribution >= 4 is 15.9 Å². The first-order valence-electron chi connectivity index (χ1n) is 4.90. The van der Waals surface area contributed by atoms with Crippen molar-refractivity contribution in [3.05, 3.63) is 45.8 Å². The topological polar surface area (TPSA) is 64.9 Å². The summed E-state index contributed by atoms with van der Waals surface area (Å²) in [6.45, 7) is 0. The van der Waals surface area contributed by atoms with Crippen LogP contribution in [0.1, 0.15) is 23.3 Å². The van der Waals surface area contributed by atoms with Crippen LogP contribution in [0.5, 0.6) is 0 Å². The average molecular weight is 340 g/mol. The molecule has 1 atom stereocenters. The number of nitrogens with zero attached hydrogens (tertiary/aromatic N) is 2. The monoisotopic (exact) mass is 339 g/mol. The zero-order valence-corrected chi connectivity index (χ0v) is 10.7. The van der Waals surface area contributed by atoms with Crippen LogP contribution in [0.2, 0.25) is 0 Å². The molecule has 1 aromatic carbocycles. The molecule has 102 valence electrons. The molecule has 0 aliphatic heterocycles. The van der Waals surface area contributed by atoms with Crippen LogP contribution in [0.3, 0.4) is 0 Å². The van der Waals surface area contributed by atoms with E-state index in [1.54, 1.807) is 0 Å². The Bertz CT molecular complexity index is 599. The predicted octanol–water partition coefficient (Wildman–Crippen LogP) is 3.04. The van der Waals surface area contributed by atoms with Gasteiger partial charge in [-0.15, -0.1) is 0 Å². The van der Waals surface area contributed by atoms with E-state index in [0.29, 0.717) is 4.47 Å². The summed E-state index contributed by atoms with van der Waals surface area (Å²) in [5.74, 6) is -2.45. The number of rotatable bonds is 2. The molecular weight excluding hydrogens is 334 g/mol. The molecule has 2 aromatic rings. The summed E-state index contributed by atoms with van der Waals surface area (Å²) in [6.07, 6.45) is -4.75. The molecule has 0 saturated carbocycles. The second-order valence-corrected chi connectivity index (χ2v) is 4.45. The fourth-order valence-corrected chi connectivity index (χ4v) is 1.86. The van der Waals surface area contributed by atoms with Gasteiger partial charge in [-0.2, -0.15) is 18.2 Å². The molecule has 2 N–H and O–H groups in total. The maximum Gasteiger partial charge on any atom is 0.471 e. The van der Waals surface area contributed by atoms with Crippen molar-refractivity contribution < 1.29 is 22.1 Å². The SMILES string of the molecule is NC(c1noc(C(F)(F)F)n1)c1cc(F)ccc1Br. The fraction of sp³-hybridized carbons (Fsp3) is 0.200. The third-order valence-electron chi connectivity index (χ3n) is 2.26. The van der Waals surface area contributed by atoms with E-state index in [2.05, 4.69) is 30.6 Å². The molecule has 0 bridgehead atoms. The molecule has 0 saturated heterocycles. The highest BCUT2D eigenvalue weighted by atomic mass is 79.9. The van der Waals surface area contributed by atoms with Crippen LogP contribution >= 0.6 is 15.9 Å². The van der Waals surface area contributed by atoms with Crippen LogP contribution in [0.25, 0.3) is 0 Å². The summed E-state index contributed by atoms with van der Waals surface area (Å²) in [7, 11) is 0. The van der Waals surface area contributed by atoms with Gasteiger partial charge in [-0.3, -0.25) is 0 Å². The zero-order chi connectivity index (χ0) is 14.2. The molecule has 0 amide bonds. The minimum absolute atomic E-state index is 0.217. The minimum Gasteiger partial charge on any atom is -0.329 e. The molecule has 1 aromatic heterocycles. The van der Waals surface area contributed by atoms with Crippen LogP contribution in [-0.2, 0) is 6.18 Å². The number of hydrogen-bond acceptors (Lipinski definition) is 4. The van der Waals surface area contributed by atoms with Crippen molar-refractivity contribution in [1.82, 2.24) is 10.1 Å². The predicted molar refractivity (Wildman–Crippen MR) is 59.4 cm³/mol. The molecule has 19 heavy (non-hydrogen) atoms. The standard InChI is InChI=1S/C10H6BrF4N3O/c11-6-2-1-4(12)3-5(6)7(16)8-17-9(19-18-8)10(13,14)15/h1-3,7H,16H2. The first-order chi connectivity index (χ1) is 8.79. The molecule has 0 aliphatic rings. The summed E-state index contributed by atoms with van der Waals surface area (Å²) in [6, 6.07) is 2.51. The summed E-state index contributed by atoms with van der Waals surface area (Å²) < 4.78 is 54.5. The van der Waals surface area contributed by atoms with E-state index in [1.807, 2.05) is 0 Å². The van der Waals surface area contributed by atoms with E-state index in [9.17, 15) is 17.6 Å². The minimum atomic E-state index is -4.75. The van der Waals surface area contributed by atoms with Gasteiger partial charge in [0, 0.05) is 4.47 Å². The first-order valence-corrected chi connectivity index (χ1v) is 5.69. The number of hydrogen-bond donors (Lipinski definition) is 1. The van der Waals surface area contributed by atoms with Gasteiger partial charge in [0.2, 0.25) is 0 Å². The van der Waals surface area contributed by atoms with Crippen LogP contribution < -0.4 is 5.73 Å².